The second-order valence-corrected chi connectivity index (χ2v) is 8.73. The van der Waals surface area contributed by atoms with Crippen molar-refractivity contribution in [1.29, 1.82) is 0 Å². The van der Waals surface area contributed by atoms with Gasteiger partial charge in [-0.2, -0.15) is 17.6 Å². The minimum Gasteiger partial charge on any atom is -0.428 e. The number of rotatable bonds is 10. The fourth-order valence-corrected chi connectivity index (χ4v) is 3.75. The Labute approximate surface area is 218 Å². The summed E-state index contributed by atoms with van der Waals surface area (Å²) in [6, 6.07) is 10.5. The number of urea groups is 1. The fraction of sp³-hybridized carbons (Fsp3) is 0.280. The van der Waals surface area contributed by atoms with E-state index in [4.69, 9.17) is 11.6 Å². The third-order valence-electron chi connectivity index (χ3n) is 5.37. The van der Waals surface area contributed by atoms with Gasteiger partial charge in [0.05, 0.1) is 17.3 Å². The molecular formula is C25H21ClF7N3O2. The van der Waals surface area contributed by atoms with Gasteiger partial charge < -0.3 is 15.4 Å². The number of alkyl halides is 6. The molecule has 1 aromatic heterocycles. The molecule has 3 aromatic rings. The van der Waals surface area contributed by atoms with Crippen LogP contribution in [0.5, 0.6) is 5.75 Å². The molecule has 0 unspecified atom stereocenters. The van der Waals surface area contributed by atoms with Gasteiger partial charge in [0.25, 0.3) is 6.43 Å². The molecule has 1 atom stereocenters. The van der Waals surface area contributed by atoms with Crippen LogP contribution in [0.25, 0.3) is 0 Å². The second-order valence-electron chi connectivity index (χ2n) is 8.30. The van der Waals surface area contributed by atoms with E-state index < -0.39 is 48.6 Å². The number of hydrogen-bond acceptors (Lipinski definition) is 3. The van der Waals surface area contributed by atoms with Gasteiger partial charge in [0.1, 0.15) is 17.1 Å². The van der Waals surface area contributed by atoms with Gasteiger partial charge in [-0.05, 0) is 42.3 Å². The summed E-state index contributed by atoms with van der Waals surface area (Å²) in [5.41, 5.74) is -0.729. The van der Waals surface area contributed by atoms with Crippen LogP contribution in [-0.4, -0.2) is 36.5 Å². The van der Waals surface area contributed by atoms with Gasteiger partial charge in [0.15, 0.2) is 0 Å². The Balaban J connectivity index is 2.23. The SMILES string of the molecule is Cc1ccc(C[C@](NC(=O)NCC(F)F)(c2cc(F)cc(OC(F)(F)C(F)F)c2)c2ccc(Cl)cn2)cc1. The van der Waals surface area contributed by atoms with E-state index in [2.05, 4.69) is 15.0 Å². The van der Waals surface area contributed by atoms with Gasteiger partial charge in [0.2, 0.25) is 0 Å². The number of hydrogen-bond donors (Lipinski definition) is 2. The van der Waals surface area contributed by atoms with Crippen LogP contribution in [0.4, 0.5) is 35.5 Å². The molecule has 2 amide bonds. The minimum absolute atomic E-state index is 0.00633. The summed E-state index contributed by atoms with van der Waals surface area (Å²) in [5, 5.41) is 4.64. The number of carbonyl (C=O) groups excluding carboxylic acids is 1. The maximum absolute atomic E-state index is 14.7. The Morgan fingerprint density at radius 3 is 2.32 bits per heavy atom. The van der Waals surface area contributed by atoms with Gasteiger partial charge in [-0.25, -0.2) is 18.0 Å². The lowest BCUT2D eigenvalue weighted by molar-refractivity contribution is -0.253. The summed E-state index contributed by atoms with van der Waals surface area (Å²) >= 11 is 5.95. The molecule has 2 aromatic carbocycles. The molecule has 0 spiro atoms. The topological polar surface area (TPSA) is 63.2 Å². The Morgan fingerprint density at radius 2 is 1.74 bits per heavy atom. The highest BCUT2D eigenvalue weighted by Gasteiger charge is 2.45. The number of nitrogens with one attached hydrogen (secondary N) is 2. The normalized spacial score (nSPS) is 13.3. The molecule has 2 N–H and O–H groups in total. The number of ether oxygens (including phenoxy) is 1. The molecule has 0 saturated carbocycles. The molecule has 0 bridgehead atoms. The number of aryl methyl sites for hydroxylation is 1. The largest absolute Gasteiger partial charge is 0.461 e. The number of halogens is 8. The van der Waals surface area contributed by atoms with Crippen molar-refractivity contribution < 1.29 is 40.3 Å². The van der Waals surface area contributed by atoms with Crippen molar-refractivity contribution >= 4 is 17.6 Å². The highest BCUT2D eigenvalue weighted by molar-refractivity contribution is 6.30. The fourth-order valence-electron chi connectivity index (χ4n) is 3.64. The maximum atomic E-state index is 14.7. The van der Waals surface area contributed by atoms with E-state index in [1.807, 2.05) is 12.2 Å². The quantitative estimate of drug-likeness (QED) is 0.278. The lowest BCUT2D eigenvalue weighted by Gasteiger charge is -2.36. The average molecular weight is 564 g/mol. The van der Waals surface area contributed by atoms with E-state index in [9.17, 15) is 35.5 Å². The number of carbonyl (C=O) groups is 1. The highest BCUT2D eigenvalue weighted by atomic mass is 35.5. The summed E-state index contributed by atoms with van der Waals surface area (Å²) in [4.78, 5) is 17.0. The van der Waals surface area contributed by atoms with Crippen molar-refractivity contribution in [2.45, 2.75) is 37.8 Å². The lowest BCUT2D eigenvalue weighted by Crippen LogP contribution is -2.53. The van der Waals surface area contributed by atoms with Crippen molar-refractivity contribution in [2.24, 2.45) is 0 Å². The third kappa shape index (κ3) is 7.27. The summed E-state index contributed by atoms with van der Waals surface area (Å²) in [6.07, 6.45) is -11.1. The molecule has 0 radical (unpaired) electrons. The number of benzene rings is 2. The first-order chi connectivity index (χ1) is 17.8. The Hall–Kier alpha value is -3.54. The summed E-state index contributed by atoms with van der Waals surface area (Å²) in [7, 11) is 0. The van der Waals surface area contributed by atoms with Crippen molar-refractivity contribution in [1.82, 2.24) is 15.6 Å². The molecule has 0 fully saturated rings. The zero-order valence-electron chi connectivity index (χ0n) is 19.6. The predicted octanol–water partition coefficient (Wildman–Crippen LogP) is 6.47. The van der Waals surface area contributed by atoms with Gasteiger partial charge >= 0.3 is 18.6 Å². The smallest absolute Gasteiger partial charge is 0.428 e. The van der Waals surface area contributed by atoms with Crippen LogP contribution in [0.15, 0.2) is 60.8 Å². The van der Waals surface area contributed by atoms with Crippen LogP contribution in [-0.2, 0) is 12.0 Å². The van der Waals surface area contributed by atoms with Crippen LogP contribution < -0.4 is 15.4 Å². The molecule has 3 rings (SSSR count). The molecule has 5 nitrogen and oxygen atoms in total. The van der Waals surface area contributed by atoms with Crippen LogP contribution >= 0.6 is 11.6 Å². The molecule has 0 saturated heterocycles. The maximum Gasteiger partial charge on any atom is 0.461 e. The Kier molecular flexibility index (Phi) is 9.08. The third-order valence-corrected chi connectivity index (χ3v) is 5.59. The van der Waals surface area contributed by atoms with Crippen LogP contribution in [0, 0.1) is 12.7 Å². The van der Waals surface area contributed by atoms with Gasteiger partial charge in [-0.1, -0.05) is 41.4 Å². The number of aromatic nitrogens is 1. The monoisotopic (exact) mass is 563 g/mol. The van der Waals surface area contributed by atoms with Gasteiger partial charge in [-0.3, -0.25) is 4.98 Å². The molecule has 38 heavy (non-hydrogen) atoms. The second kappa shape index (κ2) is 11.9. The number of amides is 2. The molecule has 13 heteroatoms. The van der Waals surface area contributed by atoms with Crippen molar-refractivity contribution in [3.63, 3.8) is 0 Å². The minimum atomic E-state index is -4.95. The van der Waals surface area contributed by atoms with E-state index in [0.717, 1.165) is 17.7 Å². The lowest BCUT2D eigenvalue weighted by atomic mass is 9.80. The first-order valence-electron chi connectivity index (χ1n) is 11.0. The molecule has 0 aliphatic rings. The molecule has 204 valence electrons. The van der Waals surface area contributed by atoms with Crippen molar-refractivity contribution in [2.75, 3.05) is 6.54 Å². The number of pyridine rings is 1. The van der Waals surface area contributed by atoms with Crippen molar-refractivity contribution in [3.05, 3.63) is 94.0 Å². The first-order valence-corrected chi connectivity index (χ1v) is 11.4. The zero-order valence-corrected chi connectivity index (χ0v) is 20.4. The molecule has 1 heterocycles. The van der Waals surface area contributed by atoms with E-state index >= 15 is 0 Å². The summed E-state index contributed by atoms with van der Waals surface area (Å²) in [6.45, 7) is 0.784. The zero-order chi connectivity index (χ0) is 28.1. The van der Waals surface area contributed by atoms with Crippen LogP contribution in [0.2, 0.25) is 5.02 Å². The van der Waals surface area contributed by atoms with Gasteiger partial charge in [-0.15, -0.1) is 0 Å². The van der Waals surface area contributed by atoms with Crippen LogP contribution in [0.3, 0.4) is 0 Å². The highest BCUT2D eigenvalue weighted by Crippen LogP contribution is 2.37. The predicted molar refractivity (Wildman–Crippen MR) is 125 cm³/mol. The summed E-state index contributed by atoms with van der Waals surface area (Å²) in [5.74, 6) is -2.14. The Morgan fingerprint density at radius 1 is 1.05 bits per heavy atom. The van der Waals surface area contributed by atoms with E-state index in [1.165, 1.54) is 18.3 Å². The standard InChI is InChI=1S/C25H21ClF7N3O2/c1-14-2-4-15(5-3-14)11-24(20-7-6-17(26)12-34-20,36-23(37)35-13-21(28)29)16-8-18(27)10-19(9-16)38-25(32,33)22(30)31/h2-10,12,21-22H,11,13H2,1H3,(H2,35,36,37)/t24-/m0/s1. The van der Waals surface area contributed by atoms with Crippen LogP contribution in [0.1, 0.15) is 22.4 Å². The first kappa shape index (κ1) is 29.0. The Bertz CT molecular complexity index is 1240. The number of nitrogens with zero attached hydrogens (tertiary/aromatic N) is 1. The summed E-state index contributed by atoms with van der Waals surface area (Å²) < 4.78 is 97.2. The van der Waals surface area contributed by atoms with Crippen molar-refractivity contribution in [3.8, 4) is 5.75 Å². The van der Waals surface area contributed by atoms with E-state index in [-0.39, 0.29) is 22.7 Å². The average Bonchev–Trinajstić information content (AvgIpc) is 2.83. The molecule has 0 aliphatic heterocycles. The molecular weight excluding hydrogens is 543 g/mol. The van der Waals surface area contributed by atoms with E-state index in [0.29, 0.717) is 11.6 Å². The molecule has 0 aliphatic carbocycles. The van der Waals surface area contributed by atoms with Gasteiger partial charge in [0, 0.05) is 18.7 Å². The van der Waals surface area contributed by atoms with E-state index in [1.54, 1.807) is 24.3 Å².